The molecule has 0 unspecified atom stereocenters. The van der Waals surface area contributed by atoms with E-state index in [1.165, 1.54) is 11.3 Å². The van der Waals surface area contributed by atoms with Crippen LogP contribution >= 0.6 is 22.9 Å². The lowest BCUT2D eigenvalue weighted by Gasteiger charge is -1.98. The van der Waals surface area contributed by atoms with Crippen LogP contribution in [-0.4, -0.2) is 11.2 Å². The highest BCUT2D eigenvalue weighted by molar-refractivity contribution is 7.14. The molecule has 88 valence electrons. The average molecular weight is 266 g/mol. The number of hydrazone groups is 1. The van der Waals surface area contributed by atoms with E-state index in [2.05, 4.69) is 15.5 Å². The number of benzene rings is 1. The van der Waals surface area contributed by atoms with Gasteiger partial charge >= 0.3 is 0 Å². The molecule has 0 bridgehead atoms. The van der Waals surface area contributed by atoms with Crippen LogP contribution in [0.3, 0.4) is 0 Å². The minimum atomic E-state index is 0.710. The topological polar surface area (TPSA) is 37.3 Å². The van der Waals surface area contributed by atoms with Crippen LogP contribution in [0.5, 0.6) is 0 Å². The fourth-order valence-corrected chi connectivity index (χ4v) is 2.20. The summed E-state index contributed by atoms with van der Waals surface area (Å²) in [7, 11) is 0. The van der Waals surface area contributed by atoms with Crippen LogP contribution in [0.15, 0.2) is 34.7 Å². The van der Waals surface area contributed by atoms with Crippen LogP contribution in [0.2, 0.25) is 5.02 Å². The van der Waals surface area contributed by atoms with Gasteiger partial charge in [-0.1, -0.05) is 36.7 Å². The number of hydrogen-bond donors (Lipinski definition) is 1. The predicted octanol–water partition coefficient (Wildman–Crippen LogP) is 4.27. The third-order valence-corrected chi connectivity index (χ3v) is 3.16. The van der Waals surface area contributed by atoms with Crippen molar-refractivity contribution in [2.75, 3.05) is 5.43 Å². The first-order valence-corrected chi connectivity index (χ1v) is 6.55. The highest BCUT2D eigenvalue weighted by Gasteiger charge is 2.06. The molecule has 0 saturated carbocycles. The summed E-state index contributed by atoms with van der Waals surface area (Å²) in [6, 6.07) is 7.67. The Labute approximate surface area is 109 Å². The summed E-state index contributed by atoms with van der Waals surface area (Å²) in [6.45, 7) is 2.03. The van der Waals surface area contributed by atoms with Gasteiger partial charge in [-0.15, -0.1) is 11.3 Å². The molecule has 0 saturated heterocycles. The van der Waals surface area contributed by atoms with Crippen molar-refractivity contribution < 1.29 is 0 Å². The Morgan fingerprint density at radius 2 is 2.29 bits per heavy atom. The van der Waals surface area contributed by atoms with E-state index in [-0.39, 0.29) is 0 Å². The van der Waals surface area contributed by atoms with Crippen molar-refractivity contribution in [1.82, 2.24) is 4.98 Å². The van der Waals surface area contributed by atoms with Crippen molar-refractivity contribution in [3.63, 3.8) is 0 Å². The Kier molecular flexibility index (Phi) is 4.12. The Balaban J connectivity index is 2.18. The lowest BCUT2D eigenvalue weighted by Crippen LogP contribution is -1.88. The second-order valence-corrected chi connectivity index (χ2v) is 4.61. The number of rotatable bonds is 4. The molecule has 1 aromatic carbocycles. The van der Waals surface area contributed by atoms with E-state index in [1.54, 1.807) is 6.21 Å². The Morgan fingerprint density at radius 3 is 3.06 bits per heavy atom. The van der Waals surface area contributed by atoms with Gasteiger partial charge in [-0.25, -0.2) is 4.98 Å². The Bertz CT molecular complexity index is 522. The Morgan fingerprint density at radius 1 is 1.47 bits per heavy atom. The summed E-state index contributed by atoms with van der Waals surface area (Å²) in [5, 5.41) is 7.47. The van der Waals surface area contributed by atoms with Gasteiger partial charge in [0, 0.05) is 22.2 Å². The van der Waals surface area contributed by atoms with Gasteiger partial charge in [-0.2, -0.15) is 5.10 Å². The number of halogens is 1. The van der Waals surface area contributed by atoms with Gasteiger partial charge in [0.15, 0.2) is 0 Å². The van der Waals surface area contributed by atoms with Crippen LogP contribution in [0.25, 0.3) is 11.3 Å². The molecule has 2 aromatic rings. The van der Waals surface area contributed by atoms with Crippen molar-refractivity contribution in [3.8, 4) is 11.3 Å². The van der Waals surface area contributed by atoms with Crippen LogP contribution in [0.1, 0.15) is 13.3 Å². The number of anilines is 1. The van der Waals surface area contributed by atoms with Crippen molar-refractivity contribution in [2.45, 2.75) is 13.3 Å². The molecule has 2 rings (SSSR count). The monoisotopic (exact) mass is 265 g/mol. The molecule has 0 atom stereocenters. The van der Waals surface area contributed by atoms with Crippen LogP contribution in [-0.2, 0) is 0 Å². The highest BCUT2D eigenvalue weighted by atomic mass is 35.5. The van der Waals surface area contributed by atoms with E-state index < -0.39 is 0 Å². The minimum absolute atomic E-state index is 0.710. The van der Waals surface area contributed by atoms with Crippen molar-refractivity contribution >= 4 is 34.3 Å². The largest absolute Gasteiger partial charge is 0.253 e. The van der Waals surface area contributed by atoms with Crippen LogP contribution < -0.4 is 5.43 Å². The first-order valence-electron chi connectivity index (χ1n) is 5.29. The standard InChI is InChI=1S/C12H12ClN3S/c1-2-7-14-16-12-15-11(8-17-12)9-5-3-4-6-10(9)13/h3-8H,2H2,1H3,(H,15,16). The molecule has 0 aliphatic heterocycles. The second kappa shape index (κ2) is 5.80. The predicted molar refractivity (Wildman–Crippen MR) is 75.0 cm³/mol. The molecular weight excluding hydrogens is 254 g/mol. The fourth-order valence-electron chi connectivity index (χ4n) is 1.31. The summed E-state index contributed by atoms with van der Waals surface area (Å²) in [6.07, 6.45) is 2.70. The molecule has 1 N–H and O–H groups in total. The maximum atomic E-state index is 6.11. The van der Waals surface area contributed by atoms with Gasteiger partial charge in [0.25, 0.3) is 0 Å². The van der Waals surface area contributed by atoms with E-state index in [1.807, 2.05) is 36.6 Å². The quantitative estimate of drug-likeness (QED) is 0.662. The van der Waals surface area contributed by atoms with E-state index in [9.17, 15) is 0 Å². The third kappa shape index (κ3) is 3.05. The number of thiazole rings is 1. The van der Waals surface area contributed by atoms with Crippen molar-refractivity contribution in [3.05, 3.63) is 34.7 Å². The second-order valence-electron chi connectivity index (χ2n) is 3.35. The fraction of sp³-hybridized carbons (Fsp3) is 0.167. The molecule has 0 aliphatic carbocycles. The number of hydrogen-bond acceptors (Lipinski definition) is 4. The molecule has 1 aromatic heterocycles. The number of nitrogens with zero attached hydrogens (tertiary/aromatic N) is 2. The van der Waals surface area contributed by atoms with Gasteiger partial charge in [-0.3, -0.25) is 5.43 Å². The first-order chi connectivity index (χ1) is 8.31. The average Bonchev–Trinajstić information content (AvgIpc) is 2.79. The van der Waals surface area contributed by atoms with Crippen molar-refractivity contribution in [1.29, 1.82) is 0 Å². The zero-order chi connectivity index (χ0) is 12.1. The maximum Gasteiger partial charge on any atom is 0.203 e. The van der Waals surface area contributed by atoms with Gasteiger partial charge in [-0.05, 0) is 12.5 Å². The maximum absolute atomic E-state index is 6.11. The van der Waals surface area contributed by atoms with E-state index >= 15 is 0 Å². The molecular formula is C12H12ClN3S. The first kappa shape index (κ1) is 12.1. The number of aromatic nitrogens is 1. The molecule has 0 spiro atoms. The van der Waals surface area contributed by atoms with Crippen molar-refractivity contribution in [2.24, 2.45) is 5.10 Å². The summed E-state index contributed by atoms with van der Waals surface area (Å²) in [5.41, 5.74) is 4.70. The highest BCUT2D eigenvalue weighted by Crippen LogP contribution is 2.30. The Hall–Kier alpha value is -1.39. The number of nitrogens with one attached hydrogen (secondary N) is 1. The summed E-state index contributed by atoms with van der Waals surface area (Å²) in [5.74, 6) is 0. The SMILES string of the molecule is CCC=NNc1nc(-c2ccccc2Cl)cs1. The third-order valence-electron chi connectivity index (χ3n) is 2.09. The summed E-state index contributed by atoms with van der Waals surface area (Å²) >= 11 is 7.62. The normalized spacial score (nSPS) is 10.9. The van der Waals surface area contributed by atoms with E-state index in [0.29, 0.717) is 5.02 Å². The molecule has 0 fully saturated rings. The van der Waals surface area contributed by atoms with Gasteiger partial charge in [0.1, 0.15) is 0 Å². The van der Waals surface area contributed by atoms with E-state index in [4.69, 9.17) is 11.6 Å². The molecule has 5 heteroatoms. The molecule has 0 amide bonds. The zero-order valence-electron chi connectivity index (χ0n) is 9.35. The molecule has 17 heavy (non-hydrogen) atoms. The molecule has 0 radical (unpaired) electrons. The van der Waals surface area contributed by atoms with Gasteiger partial charge in [0.2, 0.25) is 5.13 Å². The van der Waals surface area contributed by atoms with Crippen LogP contribution in [0, 0.1) is 0 Å². The zero-order valence-corrected chi connectivity index (χ0v) is 10.9. The van der Waals surface area contributed by atoms with Crippen LogP contribution in [0.4, 0.5) is 5.13 Å². The summed E-state index contributed by atoms with van der Waals surface area (Å²) in [4.78, 5) is 4.42. The molecule has 3 nitrogen and oxygen atoms in total. The molecule has 0 aliphatic rings. The lowest BCUT2D eigenvalue weighted by atomic mass is 10.2. The minimum Gasteiger partial charge on any atom is -0.253 e. The smallest absolute Gasteiger partial charge is 0.203 e. The van der Waals surface area contributed by atoms with Gasteiger partial charge < -0.3 is 0 Å². The molecule has 1 heterocycles. The van der Waals surface area contributed by atoms with E-state index in [0.717, 1.165) is 22.8 Å². The lowest BCUT2D eigenvalue weighted by molar-refractivity contribution is 1.24. The summed E-state index contributed by atoms with van der Waals surface area (Å²) < 4.78 is 0. The van der Waals surface area contributed by atoms with Gasteiger partial charge in [0.05, 0.1) is 5.69 Å².